The third-order valence-electron chi connectivity index (χ3n) is 6.26. The van der Waals surface area contributed by atoms with Crippen LogP contribution in [-0.4, -0.2) is 82.2 Å². The molecule has 10 heteroatoms. The van der Waals surface area contributed by atoms with Crippen molar-refractivity contribution in [3.8, 4) is 11.5 Å². The van der Waals surface area contributed by atoms with Crippen molar-refractivity contribution in [1.29, 1.82) is 0 Å². The Kier molecular flexibility index (Phi) is 6.85. The molecule has 2 fully saturated rings. The van der Waals surface area contributed by atoms with Gasteiger partial charge in [0.2, 0.25) is 0 Å². The Morgan fingerprint density at radius 2 is 1.15 bits per heavy atom. The Morgan fingerprint density at radius 1 is 0.735 bits per heavy atom. The van der Waals surface area contributed by atoms with Gasteiger partial charge in [-0.05, 0) is 37.8 Å². The molecular weight excluding hydrogens is 444 g/mol. The van der Waals surface area contributed by atoms with E-state index in [-0.39, 0.29) is 13.2 Å². The number of hydrogen-bond donors (Lipinski definition) is 2. The first kappa shape index (κ1) is 23.3. The van der Waals surface area contributed by atoms with Crippen LogP contribution in [0, 0.1) is 0 Å². The number of carbonyl (C=O) groups excluding carboxylic acids is 2. The highest BCUT2D eigenvalue weighted by Crippen LogP contribution is 2.32. The summed E-state index contributed by atoms with van der Waals surface area (Å²) in [4.78, 5) is 50.4. The molecule has 2 N–H and O–H groups in total. The van der Waals surface area contributed by atoms with E-state index in [1.165, 1.54) is 9.80 Å². The van der Waals surface area contributed by atoms with Gasteiger partial charge >= 0.3 is 11.9 Å². The molecule has 2 atom stereocenters. The normalized spacial score (nSPS) is 19.9. The minimum absolute atomic E-state index is 0.294. The lowest BCUT2D eigenvalue weighted by atomic mass is 10.1. The summed E-state index contributed by atoms with van der Waals surface area (Å²) in [6.07, 6.45) is 2.14. The fourth-order valence-corrected chi connectivity index (χ4v) is 4.59. The van der Waals surface area contributed by atoms with Gasteiger partial charge in [-0.3, -0.25) is 9.59 Å². The molecule has 0 saturated carbocycles. The number of rotatable bonds is 8. The van der Waals surface area contributed by atoms with E-state index < -0.39 is 35.8 Å². The van der Waals surface area contributed by atoms with E-state index in [2.05, 4.69) is 0 Å². The van der Waals surface area contributed by atoms with Gasteiger partial charge in [0.1, 0.15) is 23.6 Å². The number of hydrogen-bond acceptors (Lipinski definition) is 6. The molecule has 2 saturated heterocycles. The summed E-state index contributed by atoms with van der Waals surface area (Å²) < 4.78 is 11.5. The maximum absolute atomic E-state index is 12.5. The summed E-state index contributed by atoms with van der Waals surface area (Å²) in [5, 5.41) is 19.9. The third-order valence-corrected chi connectivity index (χ3v) is 6.26. The average molecular weight is 470 g/mol. The molecule has 34 heavy (non-hydrogen) atoms. The molecule has 2 aliphatic heterocycles. The molecule has 0 spiro atoms. The van der Waals surface area contributed by atoms with Crippen LogP contribution < -0.4 is 9.47 Å². The summed E-state index contributed by atoms with van der Waals surface area (Å²) in [6.45, 7) is 0.191. The third kappa shape index (κ3) is 4.75. The number of carboxylic acid groups (broad SMARTS) is 2. The predicted octanol–water partition coefficient (Wildman–Crippen LogP) is 1.75. The van der Waals surface area contributed by atoms with Gasteiger partial charge in [0.15, 0.2) is 13.2 Å². The quantitative estimate of drug-likeness (QED) is 0.596. The Hall–Kier alpha value is -3.82. The fourth-order valence-electron chi connectivity index (χ4n) is 4.59. The maximum Gasteiger partial charge on any atom is 0.326 e. The fraction of sp³-hybridized carbons (Fsp3) is 0.417. The molecule has 180 valence electrons. The summed E-state index contributed by atoms with van der Waals surface area (Å²) in [5.74, 6) is -1.96. The number of carbonyl (C=O) groups is 4. The van der Waals surface area contributed by atoms with Gasteiger partial charge in [-0.1, -0.05) is 24.3 Å². The standard InChI is InChI=1S/C24H26N2O8/c27-21(25-11-3-7-17(25)23(29)30)13-33-19-9-1-5-15-16(19)6-2-10-20(15)34-14-22(28)26-12-4-8-18(26)24(31)32/h1-2,5-6,9-10,17-18H,3-4,7-8,11-14H2,(H,29,30)(H,31,32)/t17-,18?/m1/s1. The number of aliphatic carboxylic acids is 2. The first-order valence-electron chi connectivity index (χ1n) is 11.2. The number of fused-ring (bicyclic) bond motifs is 1. The van der Waals surface area contributed by atoms with E-state index in [9.17, 15) is 29.4 Å². The molecule has 4 rings (SSSR count). The molecule has 10 nitrogen and oxygen atoms in total. The van der Waals surface area contributed by atoms with Crippen LogP contribution in [0.2, 0.25) is 0 Å². The van der Waals surface area contributed by atoms with E-state index in [4.69, 9.17) is 9.47 Å². The molecular formula is C24H26N2O8. The first-order chi connectivity index (χ1) is 16.4. The zero-order chi connectivity index (χ0) is 24.2. The highest BCUT2D eigenvalue weighted by Gasteiger charge is 2.35. The highest BCUT2D eigenvalue weighted by atomic mass is 16.5. The summed E-state index contributed by atoms with van der Waals surface area (Å²) >= 11 is 0. The summed E-state index contributed by atoms with van der Waals surface area (Å²) in [7, 11) is 0. The number of ether oxygens (including phenoxy) is 2. The second-order valence-electron chi connectivity index (χ2n) is 8.35. The van der Waals surface area contributed by atoms with Gasteiger partial charge in [-0.15, -0.1) is 0 Å². The van der Waals surface area contributed by atoms with Gasteiger partial charge in [0.05, 0.1) is 0 Å². The predicted molar refractivity (Wildman–Crippen MR) is 120 cm³/mol. The van der Waals surface area contributed by atoms with Crippen molar-refractivity contribution in [3.05, 3.63) is 36.4 Å². The van der Waals surface area contributed by atoms with Crippen LogP contribution in [0.1, 0.15) is 25.7 Å². The van der Waals surface area contributed by atoms with E-state index in [0.717, 1.165) is 0 Å². The molecule has 0 aromatic heterocycles. The molecule has 0 bridgehead atoms. The van der Waals surface area contributed by atoms with Gasteiger partial charge in [0, 0.05) is 23.9 Å². The van der Waals surface area contributed by atoms with Crippen LogP contribution in [0.25, 0.3) is 10.8 Å². The summed E-state index contributed by atoms with van der Waals surface area (Å²) in [5.41, 5.74) is 0. The lowest BCUT2D eigenvalue weighted by Gasteiger charge is -2.22. The van der Waals surface area contributed by atoms with Crippen molar-refractivity contribution < 1.29 is 38.9 Å². The van der Waals surface area contributed by atoms with Crippen LogP contribution in [0.15, 0.2) is 36.4 Å². The molecule has 2 aromatic carbocycles. The summed E-state index contributed by atoms with van der Waals surface area (Å²) in [6, 6.07) is 8.80. The number of likely N-dealkylation sites (tertiary alicyclic amines) is 2. The minimum Gasteiger partial charge on any atom is -0.483 e. The first-order valence-corrected chi connectivity index (χ1v) is 11.2. The van der Waals surface area contributed by atoms with Crippen LogP contribution in [-0.2, 0) is 19.2 Å². The smallest absolute Gasteiger partial charge is 0.326 e. The van der Waals surface area contributed by atoms with Crippen molar-refractivity contribution in [2.24, 2.45) is 0 Å². The zero-order valence-electron chi connectivity index (χ0n) is 18.5. The van der Waals surface area contributed by atoms with Crippen LogP contribution in [0.5, 0.6) is 11.5 Å². The number of carboxylic acids is 2. The van der Waals surface area contributed by atoms with E-state index in [1.54, 1.807) is 36.4 Å². The number of benzene rings is 2. The largest absolute Gasteiger partial charge is 0.483 e. The molecule has 2 amide bonds. The molecule has 1 unspecified atom stereocenters. The van der Waals surface area contributed by atoms with Crippen molar-refractivity contribution in [2.75, 3.05) is 26.3 Å². The lowest BCUT2D eigenvalue weighted by molar-refractivity contribution is -0.149. The Bertz CT molecular complexity index is 1030. The van der Waals surface area contributed by atoms with Gasteiger partial charge in [0.25, 0.3) is 11.8 Å². The Balaban J connectivity index is 1.44. The van der Waals surface area contributed by atoms with Crippen LogP contribution in [0.4, 0.5) is 0 Å². The van der Waals surface area contributed by atoms with Crippen molar-refractivity contribution in [2.45, 2.75) is 37.8 Å². The number of amides is 2. The lowest BCUT2D eigenvalue weighted by Crippen LogP contribution is -2.42. The van der Waals surface area contributed by atoms with E-state index >= 15 is 0 Å². The highest BCUT2D eigenvalue weighted by molar-refractivity contribution is 5.94. The van der Waals surface area contributed by atoms with Crippen LogP contribution >= 0.6 is 0 Å². The van der Waals surface area contributed by atoms with Crippen molar-refractivity contribution in [3.63, 3.8) is 0 Å². The number of nitrogens with zero attached hydrogens (tertiary/aromatic N) is 2. The second kappa shape index (κ2) is 9.98. The van der Waals surface area contributed by atoms with Crippen molar-refractivity contribution in [1.82, 2.24) is 9.80 Å². The van der Waals surface area contributed by atoms with Crippen molar-refractivity contribution >= 4 is 34.5 Å². The Labute approximate surface area is 195 Å². The monoisotopic (exact) mass is 470 g/mol. The zero-order valence-corrected chi connectivity index (χ0v) is 18.5. The second-order valence-corrected chi connectivity index (χ2v) is 8.35. The molecule has 2 aromatic rings. The van der Waals surface area contributed by atoms with Gasteiger partial charge in [-0.25, -0.2) is 9.59 Å². The minimum atomic E-state index is -1.02. The van der Waals surface area contributed by atoms with Crippen LogP contribution in [0.3, 0.4) is 0 Å². The maximum atomic E-state index is 12.5. The Morgan fingerprint density at radius 3 is 1.53 bits per heavy atom. The molecule has 2 aliphatic rings. The SMILES string of the molecule is O=C(O)C1CCCN1C(=O)COc1cccc2c(OCC(=O)N3CCC[C@@H]3C(=O)O)cccc12. The molecule has 2 heterocycles. The van der Waals surface area contributed by atoms with E-state index in [1.807, 2.05) is 0 Å². The molecule has 0 aliphatic carbocycles. The molecule has 0 radical (unpaired) electrons. The topological polar surface area (TPSA) is 134 Å². The van der Waals surface area contributed by atoms with E-state index in [0.29, 0.717) is 61.0 Å². The average Bonchev–Trinajstić information content (AvgIpc) is 3.51. The van der Waals surface area contributed by atoms with Gasteiger partial charge < -0.3 is 29.5 Å². The van der Waals surface area contributed by atoms with Gasteiger partial charge in [-0.2, -0.15) is 0 Å².